The van der Waals surface area contributed by atoms with E-state index >= 15 is 0 Å². The third kappa shape index (κ3) is 4.58. The summed E-state index contributed by atoms with van der Waals surface area (Å²) in [6.45, 7) is 1.98. The molecule has 0 saturated carbocycles. The van der Waals surface area contributed by atoms with E-state index in [4.69, 9.17) is 21.1 Å². The van der Waals surface area contributed by atoms with Crippen LogP contribution in [-0.4, -0.2) is 30.5 Å². The van der Waals surface area contributed by atoms with Gasteiger partial charge in [0.05, 0.1) is 19.1 Å². The van der Waals surface area contributed by atoms with Crippen LogP contribution in [0.3, 0.4) is 0 Å². The van der Waals surface area contributed by atoms with Crippen LogP contribution < -0.4 is 9.47 Å². The van der Waals surface area contributed by atoms with Crippen molar-refractivity contribution in [3.05, 3.63) is 53.1 Å². The van der Waals surface area contributed by atoms with Gasteiger partial charge in [0, 0.05) is 17.7 Å². The highest BCUT2D eigenvalue weighted by atomic mass is 35.5. The number of rotatable bonds is 7. The van der Waals surface area contributed by atoms with Crippen molar-refractivity contribution in [2.24, 2.45) is 4.40 Å². The van der Waals surface area contributed by atoms with Crippen LogP contribution in [0.4, 0.5) is 0 Å². The second-order valence-corrected chi connectivity index (χ2v) is 6.70. The van der Waals surface area contributed by atoms with E-state index in [1.807, 2.05) is 43.3 Å². The van der Waals surface area contributed by atoms with Gasteiger partial charge in [-0.2, -0.15) is 4.40 Å². The summed E-state index contributed by atoms with van der Waals surface area (Å²) in [6, 6.07) is 11.2. The molecule has 0 aromatic heterocycles. The Morgan fingerprint density at radius 3 is 2.33 bits per heavy atom. The zero-order chi connectivity index (χ0) is 17.5. The van der Waals surface area contributed by atoms with Crippen LogP contribution in [-0.2, 0) is 17.4 Å². The number of hydrogen-bond acceptors (Lipinski definition) is 3. The summed E-state index contributed by atoms with van der Waals surface area (Å²) in [5.74, 6) is 1.70. The molecular weight excluding hydrogens is 346 g/mol. The fourth-order valence-electron chi connectivity index (χ4n) is 2.20. The van der Waals surface area contributed by atoms with Crippen molar-refractivity contribution in [2.45, 2.75) is 18.2 Å². The van der Waals surface area contributed by atoms with E-state index in [9.17, 15) is 4.21 Å². The van der Waals surface area contributed by atoms with Gasteiger partial charge in [-0.3, -0.25) is 0 Å². The Kier molecular flexibility index (Phi) is 6.82. The van der Waals surface area contributed by atoms with E-state index in [1.54, 1.807) is 20.4 Å². The number of halogens is 1. The molecule has 24 heavy (non-hydrogen) atoms. The van der Waals surface area contributed by atoms with Crippen LogP contribution in [0.15, 0.2) is 45.7 Å². The first-order valence-electron chi connectivity index (χ1n) is 7.42. The first kappa shape index (κ1) is 18.5. The Morgan fingerprint density at radius 1 is 1.12 bits per heavy atom. The maximum atomic E-state index is 12.3. The molecule has 0 amide bonds. The Balaban J connectivity index is 2.32. The van der Waals surface area contributed by atoms with Gasteiger partial charge in [-0.1, -0.05) is 17.7 Å². The topological polar surface area (TPSA) is 47.9 Å². The molecule has 128 valence electrons. The predicted molar refractivity (Wildman–Crippen MR) is 99.2 cm³/mol. The molecule has 2 aromatic rings. The third-order valence-electron chi connectivity index (χ3n) is 3.52. The van der Waals surface area contributed by atoms with Gasteiger partial charge in [-0.05, 0) is 43.2 Å². The van der Waals surface area contributed by atoms with Gasteiger partial charge in [-0.25, -0.2) is 4.21 Å². The molecule has 0 aliphatic heterocycles. The Labute approximate surface area is 150 Å². The molecule has 2 rings (SSSR count). The molecule has 0 saturated heterocycles. The molecule has 1 atom stereocenters. The summed E-state index contributed by atoms with van der Waals surface area (Å²) >= 11 is 5.87. The van der Waals surface area contributed by atoms with Crippen molar-refractivity contribution in [1.82, 2.24) is 0 Å². The largest absolute Gasteiger partial charge is 0.493 e. The van der Waals surface area contributed by atoms with Gasteiger partial charge in [-0.15, -0.1) is 11.6 Å². The Morgan fingerprint density at radius 2 is 1.75 bits per heavy atom. The lowest BCUT2D eigenvalue weighted by atomic mass is 10.0. The molecule has 0 heterocycles. The molecule has 0 aliphatic carbocycles. The van der Waals surface area contributed by atoms with Crippen LogP contribution in [0, 0.1) is 6.92 Å². The Hall–Kier alpha value is -1.85. The number of methoxy groups -OCH3 is 2. The number of benzene rings is 2. The van der Waals surface area contributed by atoms with Gasteiger partial charge in [0.2, 0.25) is 0 Å². The van der Waals surface area contributed by atoms with Gasteiger partial charge >= 0.3 is 0 Å². The predicted octanol–water partition coefficient (Wildman–Crippen LogP) is 3.94. The molecule has 0 spiro atoms. The zero-order valence-electron chi connectivity index (χ0n) is 13.9. The van der Waals surface area contributed by atoms with Gasteiger partial charge in [0.15, 0.2) is 22.5 Å². The SMILES string of the molecule is COc1cc(/C=N/S(=O)c2ccc(C)cc2)c(CCCl)cc1OC. The average molecular weight is 366 g/mol. The normalized spacial score (nSPS) is 12.3. The molecule has 1 unspecified atom stereocenters. The lowest BCUT2D eigenvalue weighted by Gasteiger charge is -2.12. The van der Waals surface area contributed by atoms with Gasteiger partial charge < -0.3 is 9.47 Å². The van der Waals surface area contributed by atoms with Crippen molar-refractivity contribution in [2.75, 3.05) is 20.1 Å². The van der Waals surface area contributed by atoms with Crippen molar-refractivity contribution in [1.29, 1.82) is 0 Å². The number of aryl methyl sites for hydroxylation is 2. The fraction of sp³-hybridized carbons (Fsp3) is 0.278. The lowest BCUT2D eigenvalue weighted by Crippen LogP contribution is -2.00. The monoisotopic (exact) mass is 365 g/mol. The van der Waals surface area contributed by atoms with Crippen LogP contribution in [0.5, 0.6) is 11.5 Å². The highest BCUT2D eigenvalue weighted by molar-refractivity contribution is 7.83. The minimum atomic E-state index is -1.46. The summed E-state index contributed by atoms with van der Waals surface area (Å²) in [6.07, 6.45) is 2.25. The Bertz CT molecular complexity index is 745. The molecule has 0 N–H and O–H groups in total. The maximum Gasteiger partial charge on any atom is 0.172 e. The summed E-state index contributed by atoms with van der Waals surface area (Å²) in [7, 11) is 1.70. The van der Waals surface area contributed by atoms with Gasteiger partial charge in [0.1, 0.15) is 0 Å². The number of nitrogens with zero attached hydrogens (tertiary/aromatic N) is 1. The van der Waals surface area contributed by atoms with Crippen molar-refractivity contribution < 1.29 is 13.7 Å². The smallest absolute Gasteiger partial charge is 0.172 e. The van der Waals surface area contributed by atoms with E-state index in [2.05, 4.69) is 4.40 Å². The minimum Gasteiger partial charge on any atom is -0.493 e. The molecular formula is C18H20ClNO3S. The standard InChI is InChI=1S/C18H20ClNO3S/c1-13-4-6-16(7-5-13)24(21)20-12-15-11-18(23-3)17(22-2)10-14(15)8-9-19/h4-7,10-12H,8-9H2,1-3H3/b20-12+. The summed E-state index contributed by atoms with van der Waals surface area (Å²) in [5.41, 5.74) is 2.89. The van der Waals surface area contributed by atoms with E-state index in [0.29, 0.717) is 28.7 Å². The highest BCUT2D eigenvalue weighted by Crippen LogP contribution is 2.30. The van der Waals surface area contributed by atoms with E-state index in [-0.39, 0.29) is 0 Å². The summed E-state index contributed by atoms with van der Waals surface area (Å²) < 4.78 is 27.1. The second-order valence-electron chi connectivity index (χ2n) is 5.14. The van der Waals surface area contributed by atoms with Crippen LogP contribution >= 0.6 is 11.6 Å². The maximum absolute atomic E-state index is 12.3. The van der Waals surface area contributed by atoms with E-state index in [0.717, 1.165) is 16.7 Å². The molecule has 0 bridgehead atoms. The summed E-state index contributed by atoms with van der Waals surface area (Å²) in [4.78, 5) is 0.663. The van der Waals surface area contributed by atoms with Crippen LogP contribution in [0.1, 0.15) is 16.7 Å². The molecule has 0 fully saturated rings. The van der Waals surface area contributed by atoms with E-state index in [1.165, 1.54) is 0 Å². The van der Waals surface area contributed by atoms with Gasteiger partial charge in [0.25, 0.3) is 0 Å². The zero-order valence-corrected chi connectivity index (χ0v) is 15.5. The first-order valence-corrected chi connectivity index (χ1v) is 9.06. The molecule has 2 aromatic carbocycles. The van der Waals surface area contributed by atoms with Crippen molar-refractivity contribution >= 4 is 28.8 Å². The molecule has 0 aliphatic rings. The highest BCUT2D eigenvalue weighted by Gasteiger charge is 2.10. The second kappa shape index (κ2) is 8.85. The molecule has 6 heteroatoms. The first-order chi connectivity index (χ1) is 11.6. The summed E-state index contributed by atoms with van der Waals surface area (Å²) in [5, 5.41) is 0. The number of alkyl halides is 1. The van der Waals surface area contributed by atoms with Crippen molar-refractivity contribution in [3.63, 3.8) is 0 Å². The molecule has 4 nitrogen and oxygen atoms in total. The van der Waals surface area contributed by atoms with Crippen molar-refractivity contribution in [3.8, 4) is 11.5 Å². The fourth-order valence-corrected chi connectivity index (χ4v) is 3.10. The lowest BCUT2D eigenvalue weighted by molar-refractivity contribution is 0.354. The average Bonchev–Trinajstić information content (AvgIpc) is 2.60. The third-order valence-corrected chi connectivity index (χ3v) is 4.68. The number of ether oxygens (including phenoxy) is 2. The van der Waals surface area contributed by atoms with E-state index < -0.39 is 11.0 Å². The number of hydrogen-bond donors (Lipinski definition) is 0. The molecule has 0 radical (unpaired) electrons. The van der Waals surface area contributed by atoms with Crippen LogP contribution in [0.2, 0.25) is 0 Å². The quantitative estimate of drug-likeness (QED) is 0.551. The van der Waals surface area contributed by atoms with Crippen LogP contribution in [0.25, 0.3) is 0 Å². The minimum absolute atomic E-state index is 0.470.